The number of fused-ring (bicyclic) bond motifs is 1. The molecule has 1 aliphatic carbocycles. The fraction of sp³-hybridized carbons (Fsp3) is 0.533. The minimum atomic E-state index is 0.139. The van der Waals surface area contributed by atoms with Crippen molar-refractivity contribution in [1.29, 1.82) is 5.26 Å². The van der Waals surface area contributed by atoms with Gasteiger partial charge in [0.25, 0.3) is 0 Å². The Labute approximate surface area is 103 Å². The van der Waals surface area contributed by atoms with Crippen LogP contribution in [-0.4, -0.2) is 13.1 Å². The predicted octanol–water partition coefficient (Wildman–Crippen LogP) is 3.23. The SMILES string of the molecule is N#CC1CCc2cc(N3CCCCC3)ccc21. The average Bonchev–Trinajstić information content (AvgIpc) is 2.81. The lowest BCUT2D eigenvalue weighted by atomic mass is 10.0. The third-order valence-electron chi connectivity index (χ3n) is 4.08. The van der Waals surface area contributed by atoms with Crippen molar-refractivity contribution in [2.75, 3.05) is 18.0 Å². The molecule has 1 heterocycles. The summed E-state index contributed by atoms with van der Waals surface area (Å²) in [5.41, 5.74) is 4.04. The summed E-state index contributed by atoms with van der Waals surface area (Å²) in [6.45, 7) is 2.39. The van der Waals surface area contributed by atoms with Gasteiger partial charge in [-0.25, -0.2) is 0 Å². The smallest absolute Gasteiger partial charge is 0.0718 e. The van der Waals surface area contributed by atoms with Gasteiger partial charge in [0, 0.05) is 18.8 Å². The molecule has 3 rings (SSSR count). The molecule has 0 saturated carbocycles. The minimum Gasteiger partial charge on any atom is -0.372 e. The van der Waals surface area contributed by atoms with Gasteiger partial charge in [-0.2, -0.15) is 5.26 Å². The average molecular weight is 226 g/mol. The highest BCUT2D eigenvalue weighted by atomic mass is 15.1. The van der Waals surface area contributed by atoms with Gasteiger partial charge >= 0.3 is 0 Å². The zero-order valence-electron chi connectivity index (χ0n) is 10.2. The standard InChI is InChI=1S/C15H18N2/c16-11-13-5-4-12-10-14(6-7-15(12)13)17-8-2-1-3-9-17/h6-7,10,13H,1-5,8-9H2. The van der Waals surface area contributed by atoms with Crippen LogP contribution in [-0.2, 0) is 6.42 Å². The molecule has 1 fully saturated rings. The van der Waals surface area contributed by atoms with E-state index in [0.717, 1.165) is 12.8 Å². The molecule has 2 heteroatoms. The van der Waals surface area contributed by atoms with E-state index in [9.17, 15) is 0 Å². The summed E-state index contributed by atoms with van der Waals surface area (Å²) >= 11 is 0. The number of aryl methyl sites for hydroxylation is 1. The summed E-state index contributed by atoms with van der Waals surface area (Å²) < 4.78 is 0. The van der Waals surface area contributed by atoms with Crippen LogP contribution >= 0.6 is 0 Å². The van der Waals surface area contributed by atoms with Crippen molar-refractivity contribution >= 4 is 5.69 Å². The number of nitrogens with zero attached hydrogens (tertiary/aromatic N) is 2. The van der Waals surface area contributed by atoms with Crippen LogP contribution in [0.2, 0.25) is 0 Å². The number of piperidine rings is 1. The maximum absolute atomic E-state index is 9.07. The Morgan fingerprint density at radius 2 is 2.00 bits per heavy atom. The van der Waals surface area contributed by atoms with E-state index in [1.54, 1.807) is 0 Å². The molecule has 1 saturated heterocycles. The summed E-state index contributed by atoms with van der Waals surface area (Å²) in [7, 11) is 0. The molecule has 2 nitrogen and oxygen atoms in total. The van der Waals surface area contributed by atoms with E-state index in [-0.39, 0.29) is 5.92 Å². The molecule has 88 valence electrons. The van der Waals surface area contributed by atoms with Crippen molar-refractivity contribution in [3.8, 4) is 6.07 Å². The van der Waals surface area contributed by atoms with Crippen LogP contribution in [0.1, 0.15) is 42.7 Å². The van der Waals surface area contributed by atoms with Crippen LogP contribution in [0.25, 0.3) is 0 Å². The molecule has 1 aromatic carbocycles. The first-order valence-corrected chi connectivity index (χ1v) is 6.66. The maximum atomic E-state index is 9.07. The van der Waals surface area contributed by atoms with Crippen molar-refractivity contribution < 1.29 is 0 Å². The number of hydrogen-bond acceptors (Lipinski definition) is 2. The molecule has 2 aliphatic rings. The zero-order valence-corrected chi connectivity index (χ0v) is 10.2. The molecule has 17 heavy (non-hydrogen) atoms. The van der Waals surface area contributed by atoms with Crippen LogP contribution < -0.4 is 4.90 Å². The molecular weight excluding hydrogens is 208 g/mol. The quantitative estimate of drug-likeness (QED) is 0.735. The van der Waals surface area contributed by atoms with Gasteiger partial charge in [-0.1, -0.05) is 6.07 Å². The Hall–Kier alpha value is -1.49. The van der Waals surface area contributed by atoms with Gasteiger partial charge in [0.2, 0.25) is 0 Å². The number of anilines is 1. The van der Waals surface area contributed by atoms with Crippen LogP contribution in [0.4, 0.5) is 5.69 Å². The van der Waals surface area contributed by atoms with E-state index in [1.807, 2.05) is 0 Å². The second-order valence-electron chi connectivity index (χ2n) is 5.15. The lowest BCUT2D eigenvalue weighted by molar-refractivity contribution is 0.578. The topological polar surface area (TPSA) is 27.0 Å². The molecule has 0 spiro atoms. The first-order valence-electron chi connectivity index (χ1n) is 6.66. The summed E-state index contributed by atoms with van der Waals surface area (Å²) in [5, 5.41) is 9.07. The third-order valence-corrected chi connectivity index (χ3v) is 4.08. The monoisotopic (exact) mass is 226 g/mol. The predicted molar refractivity (Wildman–Crippen MR) is 69.2 cm³/mol. The Kier molecular flexibility index (Phi) is 2.76. The minimum absolute atomic E-state index is 0.139. The summed E-state index contributed by atoms with van der Waals surface area (Å²) in [6, 6.07) is 9.11. The summed E-state index contributed by atoms with van der Waals surface area (Å²) in [6.07, 6.45) is 6.10. The second kappa shape index (κ2) is 4.41. The third kappa shape index (κ3) is 1.91. The Morgan fingerprint density at radius 1 is 1.18 bits per heavy atom. The van der Waals surface area contributed by atoms with Crippen molar-refractivity contribution in [3.63, 3.8) is 0 Å². The van der Waals surface area contributed by atoms with Gasteiger partial charge in [0.15, 0.2) is 0 Å². The van der Waals surface area contributed by atoms with Crippen LogP contribution in [0.15, 0.2) is 18.2 Å². The van der Waals surface area contributed by atoms with Crippen molar-refractivity contribution in [1.82, 2.24) is 0 Å². The molecule has 0 N–H and O–H groups in total. The van der Waals surface area contributed by atoms with E-state index >= 15 is 0 Å². The van der Waals surface area contributed by atoms with E-state index in [1.165, 1.54) is 49.2 Å². The molecule has 1 unspecified atom stereocenters. The van der Waals surface area contributed by atoms with E-state index in [2.05, 4.69) is 29.2 Å². The zero-order chi connectivity index (χ0) is 11.7. The van der Waals surface area contributed by atoms with E-state index in [4.69, 9.17) is 5.26 Å². The normalized spacial score (nSPS) is 23.2. The summed E-state index contributed by atoms with van der Waals surface area (Å²) in [4.78, 5) is 2.49. The largest absolute Gasteiger partial charge is 0.372 e. The Bertz CT molecular complexity index is 452. The fourth-order valence-electron chi connectivity index (χ4n) is 3.09. The van der Waals surface area contributed by atoms with Crippen LogP contribution in [0.5, 0.6) is 0 Å². The highest BCUT2D eigenvalue weighted by Gasteiger charge is 2.23. The maximum Gasteiger partial charge on any atom is 0.0718 e. The van der Waals surface area contributed by atoms with Crippen LogP contribution in [0, 0.1) is 11.3 Å². The molecule has 0 bridgehead atoms. The van der Waals surface area contributed by atoms with Crippen molar-refractivity contribution in [2.24, 2.45) is 0 Å². The Balaban J connectivity index is 1.87. The number of benzene rings is 1. The lowest BCUT2D eigenvalue weighted by Crippen LogP contribution is -2.29. The number of hydrogen-bond donors (Lipinski definition) is 0. The highest BCUT2D eigenvalue weighted by Crippen LogP contribution is 2.35. The number of nitriles is 1. The molecule has 0 aromatic heterocycles. The first-order chi connectivity index (χ1) is 8.38. The van der Waals surface area contributed by atoms with Gasteiger partial charge in [0.05, 0.1) is 12.0 Å². The van der Waals surface area contributed by atoms with E-state index in [0.29, 0.717) is 0 Å². The lowest BCUT2D eigenvalue weighted by Gasteiger charge is -2.29. The van der Waals surface area contributed by atoms with Gasteiger partial charge in [0.1, 0.15) is 0 Å². The van der Waals surface area contributed by atoms with Crippen molar-refractivity contribution in [2.45, 2.75) is 38.0 Å². The molecule has 0 radical (unpaired) electrons. The molecule has 1 aromatic rings. The summed E-state index contributed by atoms with van der Waals surface area (Å²) in [5.74, 6) is 0.139. The second-order valence-corrected chi connectivity index (χ2v) is 5.15. The molecule has 1 atom stereocenters. The molecule has 1 aliphatic heterocycles. The first kappa shape index (κ1) is 10.7. The van der Waals surface area contributed by atoms with E-state index < -0.39 is 0 Å². The fourth-order valence-corrected chi connectivity index (χ4v) is 3.09. The van der Waals surface area contributed by atoms with Crippen LogP contribution in [0.3, 0.4) is 0 Å². The van der Waals surface area contributed by atoms with Gasteiger partial charge in [-0.3, -0.25) is 0 Å². The molecule has 0 amide bonds. The number of rotatable bonds is 1. The molecular formula is C15H18N2. The highest BCUT2D eigenvalue weighted by molar-refractivity contribution is 5.54. The van der Waals surface area contributed by atoms with Gasteiger partial charge in [-0.15, -0.1) is 0 Å². The Morgan fingerprint density at radius 3 is 2.76 bits per heavy atom. The van der Waals surface area contributed by atoms with Gasteiger partial charge in [-0.05, 0) is 55.4 Å². The van der Waals surface area contributed by atoms with Gasteiger partial charge < -0.3 is 4.90 Å². The van der Waals surface area contributed by atoms with Crippen molar-refractivity contribution in [3.05, 3.63) is 29.3 Å².